The molecule has 6 atom stereocenters. The van der Waals surface area contributed by atoms with Crippen molar-refractivity contribution in [2.45, 2.75) is 121 Å². The summed E-state index contributed by atoms with van der Waals surface area (Å²) in [6.07, 6.45) is 9.27. The molecule has 200 valence electrons. The van der Waals surface area contributed by atoms with E-state index in [1.807, 2.05) is 0 Å². The molecule has 9 nitrogen and oxygen atoms in total. The first-order chi connectivity index (χ1) is 16.4. The van der Waals surface area contributed by atoms with Crippen molar-refractivity contribution >= 4 is 5.97 Å². The van der Waals surface area contributed by atoms with Crippen LogP contribution in [0, 0.1) is 0 Å². The molecule has 0 spiro atoms. The van der Waals surface area contributed by atoms with Crippen molar-refractivity contribution in [1.29, 1.82) is 0 Å². The minimum absolute atomic E-state index is 0.263. The van der Waals surface area contributed by atoms with Gasteiger partial charge in [0.1, 0.15) is 37.1 Å². The molecule has 0 amide bonds. The Morgan fingerprint density at radius 3 is 2.15 bits per heavy atom. The minimum Gasteiger partial charge on any atom is -0.463 e. The molecule has 1 unspecified atom stereocenters. The van der Waals surface area contributed by atoms with E-state index in [9.17, 15) is 25.2 Å². The van der Waals surface area contributed by atoms with Crippen molar-refractivity contribution in [2.75, 3.05) is 19.8 Å². The fourth-order valence-electron chi connectivity index (χ4n) is 3.71. The van der Waals surface area contributed by atoms with Crippen LogP contribution in [0.15, 0.2) is 12.2 Å². The number of aliphatic hydroxyl groups is 5. The Hall–Kier alpha value is -1.07. The summed E-state index contributed by atoms with van der Waals surface area (Å²) in [6, 6.07) is 0. The van der Waals surface area contributed by atoms with E-state index in [4.69, 9.17) is 19.3 Å². The lowest BCUT2D eigenvalue weighted by atomic mass is 9.99. The van der Waals surface area contributed by atoms with Gasteiger partial charge in [0.25, 0.3) is 0 Å². The van der Waals surface area contributed by atoms with Crippen molar-refractivity contribution in [3.05, 3.63) is 12.2 Å². The van der Waals surface area contributed by atoms with Crippen molar-refractivity contribution in [3.8, 4) is 0 Å². The third-order valence-corrected chi connectivity index (χ3v) is 5.88. The zero-order valence-corrected chi connectivity index (χ0v) is 20.6. The number of carbonyl (C=O) groups excluding carboxylic acids is 1. The quantitative estimate of drug-likeness (QED) is 0.104. The normalized spacial score (nSPS) is 26.1. The van der Waals surface area contributed by atoms with Gasteiger partial charge < -0.3 is 39.7 Å². The van der Waals surface area contributed by atoms with E-state index in [-0.39, 0.29) is 19.6 Å². The second-order valence-corrected chi connectivity index (χ2v) is 8.99. The minimum atomic E-state index is -1.55. The summed E-state index contributed by atoms with van der Waals surface area (Å²) in [5.74, 6) is -0.391. The molecule has 1 aliphatic rings. The highest BCUT2D eigenvalue weighted by atomic mass is 16.7. The molecule has 0 bridgehead atoms. The smallest absolute Gasteiger partial charge is 0.305 e. The first-order valence-electron chi connectivity index (χ1n) is 12.8. The van der Waals surface area contributed by atoms with Gasteiger partial charge in [-0.05, 0) is 32.1 Å². The molecule has 5 N–H and O–H groups in total. The van der Waals surface area contributed by atoms with Crippen LogP contribution < -0.4 is 0 Å². The Balaban J connectivity index is 2.02. The highest BCUT2D eigenvalue weighted by molar-refractivity contribution is 5.69. The maximum atomic E-state index is 11.8. The fraction of sp³-hybridized carbons (Fsp3) is 0.880. The van der Waals surface area contributed by atoms with E-state index in [1.165, 1.54) is 32.1 Å². The number of rotatable bonds is 19. The zero-order valence-electron chi connectivity index (χ0n) is 20.6. The first kappa shape index (κ1) is 31.0. The van der Waals surface area contributed by atoms with Crippen LogP contribution in [0.25, 0.3) is 0 Å². The van der Waals surface area contributed by atoms with Crippen LogP contribution in [-0.2, 0) is 19.0 Å². The highest BCUT2D eigenvalue weighted by Gasteiger charge is 2.44. The van der Waals surface area contributed by atoms with E-state index in [0.29, 0.717) is 0 Å². The lowest BCUT2D eigenvalue weighted by Crippen LogP contribution is -2.59. The second-order valence-electron chi connectivity index (χ2n) is 8.99. The molecule has 1 rings (SSSR count). The molecule has 0 aromatic carbocycles. The van der Waals surface area contributed by atoms with Crippen LogP contribution in [0.5, 0.6) is 0 Å². The van der Waals surface area contributed by atoms with Crippen LogP contribution in [0.2, 0.25) is 0 Å². The summed E-state index contributed by atoms with van der Waals surface area (Å²) in [4.78, 5) is 11.8. The predicted octanol–water partition coefficient (Wildman–Crippen LogP) is 1.96. The number of hydrogen-bond acceptors (Lipinski definition) is 9. The lowest BCUT2D eigenvalue weighted by Gasteiger charge is -2.39. The molecule has 1 saturated heterocycles. The Morgan fingerprint density at radius 1 is 0.882 bits per heavy atom. The number of hydrogen-bond donors (Lipinski definition) is 5. The van der Waals surface area contributed by atoms with Gasteiger partial charge in [-0.1, -0.05) is 57.6 Å². The first-order valence-corrected chi connectivity index (χ1v) is 12.8. The van der Waals surface area contributed by atoms with Crippen molar-refractivity contribution in [1.82, 2.24) is 0 Å². The molecule has 34 heavy (non-hydrogen) atoms. The Kier molecular flexibility index (Phi) is 17.4. The summed E-state index contributed by atoms with van der Waals surface area (Å²) in [5.41, 5.74) is 0. The molecular weight excluding hydrogens is 444 g/mol. The van der Waals surface area contributed by atoms with Crippen molar-refractivity contribution in [2.24, 2.45) is 0 Å². The van der Waals surface area contributed by atoms with E-state index < -0.39 is 49.4 Å². The van der Waals surface area contributed by atoms with Gasteiger partial charge in [-0.2, -0.15) is 0 Å². The van der Waals surface area contributed by atoms with E-state index in [2.05, 4.69) is 19.1 Å². The number of unbranched alkanes of at least 4 members (excludes halogenated alkanes) is 9. The number of esters is 1. The van der Waals surface area contributed by atoms with Gasteiger partial charge in [0.2, 0.25) is 0 Å². The van der Waals surface area contributed by atoms with Gasteiger partial charge in [0.05, 0.1) is 13.2 Å². The number of ether oxygens (including phenoxy) is 3. The maximum absolute atomic E-state index is 11.8. The lowest BCUT2D eigenvalue weighted by molar-refractivity contribution is -0.305. The third-order valence-electron chi connectivity index (χ3n) is 5.88. The van der Waals surface area contributed by atoms with E-state index in [1.54, 1.807) is 0 Å². The Bertz CT molecular complexity index is 540. The van der Waals surface area contributed by atoms with Crippen LogP contribution in [0.4, 0.5) is 0 Å². The van der Waals surface area contributed by atoms with Crippen LogP contribution in [0.3, 0.4) is 0 Å². The second kappa shape index (κ2) is 19.2. The van der Waals surface area contributed by atoms with Gasteiger partial charge >= 0.3 is 5.97 Å². The molecule has 9 heteroatoms. The van der Waals surface area contributed by atoms with Gasteiger partial charge in [0, 0.05) is 6.42 Å². The van der Waals surface area contributed by atoms with Gasteiger partial charge in [-0.25, -0.2) is 0 Å². The van der Waals surface area contributed by atoms with Crippen molar-refractivity contribution in [3.63, 3.8) is 0 Å². The molecule has 0 radical (unpaired) electrons. The summed E-state index contributed by atoms with van der Waals surface area (Å²) in [7, 11) is 0. The standard InChI is InChI=1S/C25H46O9/c1-2-3-4-5-6-7-8-9-10-11-12-13-14-15-21(28)32-17-19(27)18-33-25-24(31)23(30)22(29)20(16-26)34-25/h7-8,19-20,22-27,29-31H,2-6,9-18H2,1H3/b8-7+/t19?,20-,22-,23+,24-,25-/m1/s1. The summed E-state index contributed by atoms with van der Waals surface area (Å²) in [6.45, 7) is 1.07. The SMILES string of the molecule is CCCCCC/C=C/CCCCCCCC(=O)OCC(O)CO[C@@H]1O[C@H](CO)[C@@H](O)[C@H](O)[C@H]1O. The molecule has 1 aliphatic heterocycles. The van der Waals surface area contributed by atoms with E-state index in [0.717, 1.165) is 38.5 Å². The molecule has 0 aliphatic carbocycles. The third kappa shape index (κ3) is 13.1. The molecule has 1 heterocycles. The van der Waals surface area contributed by atoms with Gasteiger partial charge in [-0.15, -0.1) is 0 Å². The average Bonchev–Trinajstić information content (AvgIpc) is 2.83. The molecule has 1 fully saturated rings. The number of aliphatic hydroxyl groups excluding tert-OH is 5. The monoisotopic (exact) mass is 490 g/mol. The highest BCUT2D eigenvalue weighted by Crippen LogP contribution is 2.22. The topological polar surface area (TPSA) is 146 Å². The number of carbonyl (C=O) groups is 1. The molecule has 0 saturated carbocycles. The summed E-state index contributed by atoms with van der Waals surface area (Å²) >= 11 is 0. The zero-order chi connectivity index (χ0) is 25.2. The largest absolute Gasteiger partial charge is 0.463 e. The average molecular weight is 491 g/mol. The Morgan fingerprint density at radius 2 is 1.50 bits per heavy atom. The molecular formula is C25H46O9. The molecule has 0 aromatic heterocycles. The van der Waals surface area contributed by atoms with Gasteiger partial charge in [0.15, 0.2) is 6.29 Å². The summed E-state index contributed by atoms with van der Waals surface area (Å²) in [5, 5.41) is 48.4. The van der Waals surface area contributed by atoms with Crippen LogP contribution in [-0.4, -0.2) is 88.1 Å². The predicted molar refractivity (Wildman–Crippen MR) is 127 cm³/mol. The maximum Gasteiger partial charge on any atom is 0.305 e. The van der Waals surface area contributed by atoms with Gasteiger partial charge in [-0.3, -0.25) is 4.79 Å². The fourth-order valence-corrected chi connectivity index (χ4v) is 3.71. The van der Waals surface area contributed by atoms with Crippen molar-refractivity contribution < 1.29 is 44.5 Å². The Labute approximate surface area is 203 Å². The van der Waals surface area contributed by atoms with Crippen LogP contribution >= 0.6 is 0 Å². The van der Waals surface area contributed by atoms with E-state index >= 15 is 0 Å². The van der Waals surface area contributed by atoms with Crippen LogP contribution in [0.1, 0.15) is 84.0 Å². The number of allylic oxidation sites excluding steroid dienone is 2. The summed E-state index contributed by atoms with van der Waals surface area (Å²) < 4.78 is 15.5. The molecule has 0 aromatic rings.